The number of hydrogen-bond donors (Lipinski definition) is 1. The number of hydrogen-bond acceptors (Lipinski definition) is 2. The first-order valence-corrected chi connectivity index (χ1v) is 6.71. The average molecular weight is 232 g/mol. The molecule has 1 aliphatic rings. The predicted octanol–water partition coefficient (Wildman–Crippen LogP) is 2.83. The lowest BCUT2D eigenvalue weighted by atomic mass is 9.96. The SMILES string of the molecule is CCc1ccccc1N1CCNCCC1(C)C. The number of nitrogens with one attached hydrogen (secondary N) is 1. The number of anilines is 1. The molecule has 1 aromatic rings. The van der Waals surface area contributed by atoms with Crippen molar-refractivity contribution in [3.05, 3.63) is 29.8 Å². The van der Waals surface area contributed by atoms with E-state index in [9.17, 15) is 0 Å². The predicted molar refractivity (Wildman–Crippen MR) is 74.7 cm³/mol. The quantitative estimate of drug-likeness (QED) is 0.843. The number of rotatable bonds is 2. The van der Waals surface area contributed by atoms with Gasteiger partial charge in [-0.25, -0.2) is 0 Å². The van der Waals surface area contributed by atoms with E-state index in [0.29, 0.717) is 0 Å². The maximum Gasteiger partial charge on any atom is 0.0403 e. The van der Waals surface area contributed by atoms with Crippen LogP contribution in [-0.2, 0) is 6.42 Å². The molecule has 0 spiro atoms. The van der Waals surface area contributed by atoms with Crippen molar-refractivity contribution in [2.75, 3.05) is 24.5 Å². The van der Waals surface area contributed by atoms with Crippen LogP contribution < -0.4 is 10.2 Å². The van der Waals surface area contributed by atoms with Crippen LogP contribution in [0.3, 0.4) is 0 Å². The second-order valence-corrected chi connectivity index (χ2v) is 5.45. The highest BCUT2D eigenvalue weighted by Gasteiger charge is 2.29. The van der Waals surface area contributed by atoms with Gasteiger partial charge in [-0.2, -0.15) is 0 Å². The zero-order chi connectivity index (χ0) is 12.3. The van der Waals surface area contributed by atoms with Gasteiger partial charge in [0.15, 0.2) is 0 Å². The Kier molecular flexibility index (Phi) is 3.72. The molecule has 0 amide bonds. The van der Waals surface area contributed by atoms with Crippen molar-refractivity contribution in [3.63, 3.8) is 0 Å². The Hall–Kier alpha value is -1.02. The van der Waals surface area contributed by atoms with Gasteiger partial charge in [0, 0.05) is 24.3 Å². The Morgan fingerprint density at radius 1 is 1.24 bits per heavy atom. The van der Waals surface area contributed by atoms with E-state index in [1.54, 1.807) is 0 Å². The molecule has 1 saturated heterocycles. The Balaban J connectivity index is 2.35. The third-order valence-corrected chi connectivity index (χ3v) is 3.82. The molecular weight excluding hydrogens is 208 g/mol. The molecular formula is C15H24N2. The second-order valence-electron chi connectivity index (χ2n) is 5.45. The molecule has 0 saturated carbocycles. The van der Waals surface area contributed by atoms with Crippen LogP contribution in [0.2, 0.25) is 0 Å². The summed E-state index contributed by atoms with van der Waals surface area (Å²) in [6, 6.07) is 8.82. The summed E-state index contributed by atoms with van der Waals surface area (Å²) in [5.41, 5.74) is 3.13. The summed E-state index contributed by atoms with van der Waals surface area (Å²) in [5, 5.41) is 3.50. The van der Waals surface area contributed by atoms with Crippen LogP contribution in [0.4, 0.5) is 5.69 Å². The lowest BCUT2D eigenvalue weighted by Crippen LogP contribution is -2.45. The van der Waals surface area contributed by atoms with E-state index in [2.05, 4.69) is 55.3 Å². The molecule has 94 valence electrons. The van der Waals surface area contributed by atoms with Gasteiger partial charge in [0.1, 0.15) is 0 Å². The molecule has 2 nitrogen and oxygen atoms in total. The zero-order valence-corrected chi connectivity index (χ0v) is 11.3. The van der Waals surface area contributed by atoms with Gasteiger partial charge in [0.05, 0.1) is 0 Å². The van der Waals surface area contributed by atoms with E-state index < -0.39 is 0 Å². The Morgan fingerprint density at radius 3 is 2.76 bits per heavy atom. The molecule has 0 aliphatic carbocycles. The molecule has 0 radical (unpaired) electrons. The van der Waals surface area contributed by atoms with Crippen LogP contribution in [0.5, 0.6) is 0 Å². The van der Waals surface area contributed by atoms with Crippen LogP contribution in [0.15, 0.2) is 24.3 Å². The normalized spacial score (nSPS) is 20.1. The molecule has 17 heavy (non-hydrogen) atoms. The molecule has 1 heterocycles. The smallest absolute Gasteiger partial charge is 0.0403 e. The fourth-order valence-electron chi connectivity index (χ4n) is 2.67. The fraction of sp³-hybridized carbons (Fsp3) is 0.600. The van der Waals surface area contributed by atoms with Crippen molar-refractivity contribution in [2.24, 2.45) is 0 Å². The number of para-hydroxylation sites is 1. The maximum atomic E-state index is 3.50. The molecule has 0 atom stereocenters. The maximum absolute atomic E-state index is 3.50. The van der Waals surface area contributed by atoms with Gasteiger partial charge in [0.2, 0.25) is 0 Å². The van der Waals surface area contributed by atoms with Gasteiger partial charge in [0.25, 0.3) is 0 Å². The Labute approximate surface area is 105 Å². The van der Waals surface area contributed by atoms with Gasteiger partial charge in [-0.15, -0.1) is 0 Å². The first-order valence-electron chi connectivity index (χ1n) is 6.71. The van der Waals surface area contributed by atoms with Gasteiger partial charge in [-0.3, -0.25) is 0 Å². The fourth-order valence-corrected chi connectivity index (χ4v) is 2.67. The van der Waals surface area contributed by atoms with E-state index in [-0.39, 0.29) is 5.54 Å². The first kappa shape index (κ1) is 12.4. The van der Waals surface area contributed by atoms with Crippen LogP contribution >= 0.6 is 0 Å². The van der Waals surface area contributed by atoms with Crippen molar-refractivity contribution in [2.45, 2.75) is 39.2 Å². The number of aryl methyl sites for hydroxylation is 1. The van der Waals surface area contributed by atoms with E-state index in [0.717, 1.165) is 26.1 Å². The van der Waals surface area contributed by atoms with E-state index in [1.165, 1.54) is 17.7 Å². The van der Waals surface area contributed by atoms with Crippen LogP contribution in [-0.4, -0.2) is 25.2 Å². The molecule has 1 aromatic carbocycles. The third kappa shape index (κ3) is 2.63. The lowest BCUT2D eigenvalue weighted by molar-refractivity contribution is 0.453. The summed E-state index contributed by atoms with van der Waals surface area (Å²) in [7, 11) is 0. The van der Waals surface area contributed by atoms with E-state index in [4.69, 9.17) is 0 Å². The first-order chi connectivity index (χ1) is 8.15. The van der Waals surface area contributed by atoms with Crippen molar-refractivity contribution in [1.29, 1.82) is 0 Å². The molecule has 2 rings (SSSR count). The highest BCUT2D eigenvalue weighted by Crippen LogP contribution is 2.30. The highest BCUT2D eigenvalue weighted by molar-refractivity contribution is 5.55. The summed E-state index contributed by atoms with van der Waals surface area (Å²) < 4.78 is 0. The summed E-state index contributed by atoms with van der Waals surface area (Å²) in [4.78, 5) is 2.58. The summed E-state index contributed by atoms with van der Waals surface area (Å²) >= 11 is 0. The Bertz CT molecular complexity index is 371. The Morgan fingerprint density at radius 2 is 2.00 bits per heavy atom. The van der Waals surface area contributed by atoms with Gasteiger partial charge < -0.3 is 10.2 Å². The molecule has 1 aliphatic heterocycles. The molecule has 1 N–H and O–H groups in total. The monoisotopic (exact) mass is 232 g/mol. The van der Waals surface area contributed by atoms with Crippen molar-refractivity contribution < 1.29 is 0 Å². The second kappa shape index (κ2) is 5.09. The summed E-state index contributed by atoms with van der Waals surface area (Å²) in [6.45, 7) is 10.3. The minimum Gasteiger partial charge on any atom is -0.365 e. The van der Waals surface area contributed by atoms with Crippen molar-refractivity contribution in [1.82, 2.24) is 5.32 Å². The average Bonchev–Trinajstić information content (AvgIpc) is 2.50. The van der Waals surface area contributed by atoms with E-state index >= 15 is 0 Å². The van der Waals surface area contributed by atoms with E-state index in [1.807, 2.05) is 0 Å². The van der Waals surface area contributed by atoms with Gasteiger partial charge >= 0.3 is 0 Å². The molecule has 0 bridgehead atoms. The molecule has 0 unspecified atom stereocenters. The third-order valence-electron chi connectivity index (χ3n) is 3.82. The van der Waals surface area contributed by atoms with Crippen molar-refractivity contribution in [3.8, 4) is 0 Å². The minimum atomic E-state index is 0.245. The summed E-state index contributed by atoms with van der Waals surface area (Å²) in [6.07, 6.45) is 2.31. The number of nitrogens with zero attached hydrogens (tertiary/aromatic N) is 1. The van der Waals surface area contributed by atoms with Crippen molar-refractivity contribution >= 4 is 5.69 Å². The highest BCUT2D eigenvalue weighted by atomic mass is 15.2. The topological polar surface area (TPSA) is 15.3 Å². The molecule has 1 fully saturated rings. The summed E-state index contributed by atoms with van der Waals surface area (Å²) in [5.74, 6) is 0. The zero-order valence-electron chi connectivity index (χ0n) is 11.3. The largest absolute Gasteiger partial charge is 0.365 e. The van der Waals surface area contributed by atoms with Crippen LogP contribution in [0.25, 0.3) is 0 Å². The molecule has 2 heteroatoms. The van der Waals surface area contributed by atoms with Gasteiger partial charge in [-0.05, 0) is 44.9 Å². The van der Waals surface area contributed by atoms with Crippen LogP contribution in [0.1, 0.15) is 32.8 Å². The minimum absolute atomic E-state index is 0.245. The molecule has 0 aromatic heterocycles. The van der Waals surface area contributed by atoms with Gasteiger partial charge in [-0.1, -0.05) is 25.1 Å². The lowest BCUT2D eigenvalue weighted by Gasteiger charge is -2.40. The van der Waals surface area contributed by atoms with Crippen LogP contribution in [0, 0.1) is 0 Å². The standard InChI is InChI=1S/C15H24N2/c1-4-13-7-5-6-8-14(13)17-12-11-16-10-9-15(17,2)3/h5-8,16H,4,9-12H2,1-3H3. The number of benzene rings is 1.